The average molecular weight is 178 g/mol. The smallest absolute Gasteiger partial charge is 0.0487 e. The second-order valence-electron chi connectivity index (χ2n) is 4.77. The molecule has 1 aromatic rings. The Bertz CT molecular complexity index is 289. The van der Waals surface area contributed by atoms with Gasteiger partial charge in [0.05, 0.1) is 0 Å². The van der Waals surface area contributed by atoms with Gasteiger partial charge in [-0.25, -0.2) is 0 Å². The molecule has 1 fully saturated rings. The van der Waals surface area contributed by atoms with Crippen molar-refractivity contribution < 1.29 is 0 Å². The molecule has 1 aliphatic heterocycles. The molecule has 0 unspecified atom stereocenters. The van der Waals surface area contributed by atoms with Crippen LogP contribution < -0.4 is 5.32 Å². The van der Waals surface area contributed by atoms with Crippen LogP contribution in [-0.4, -0.2) is 11.1 Å². The molecule has 72 valence electrons. The Balaban J connectivity index is 2.30. The summed E-state index contributed by atoms with van der Waals surface area (Å²) in [5, 5.41) is 3.44. The van der Waals surface area contributed by atoms with Crippen molar-refractivity contribution in [1.29, 1.82) is 0 Å². The van der Waals surface area contributed by atoms with E-state index in [9.17, 15) is 0 Å². The fourth-order valence-corrected chi connectivity index (χ4v) is 1.83. The molecule has 2 heterocycles. The van der Waals surface area contributed by atoms with E-state index < -0.39 is 0 Å². The number of aromatic nitrogens is 1. The van der Waals surface area contributed by atoms with Crippen LogP contribution in [0.2, 0.25) is 0 Å². The van der Waals surface area contributed by atoms with Gasteiger partial charge in [-0.15, -0.1) is 0 Å². The maximum Gasteiger partial charge on any atom is 0.0487 e. The summed E-state index contributed by atoms with van der Waals surface area (Å²) in [5.74, 6) is 0. The summed E-state index contributed by atoms with van der Waals surface area (Å²) >= 11 is 0. The second-order valence-corrected chi connectivity index (χ2v) is 4.77. The van der Waals surface area contributed by atoms with Crippen LogP contribution >= 0.6 is 0 Å². The van der Waals surface area contributed by atoms with E-state index in [1.54, 1.807) is 0 Å². The van der Waals surface area contributed by atoms with Gasteiger partial charge in [0.15, 0.2) is 0 Å². The summed E-state index contributed by atoms with van der Waals surface area (Å²) in [7, 11) is 0. The summed E-state index contributed by atoms with van der Waals surface area (Å²) in [5.41, 5.74) is 1.63. The van der Waals surface area contributed by atoms with Crippen LogP contribution in [-0.2, 0) is 5.54 Å². The third kappa shape index (κ3) is 1.51. The Morgan fingerprint density at radius 2 is 2.15 bits per heavy atom. The maximum atomic E-state index is 3.44. The first-order valence-corrected chi connectivity index (χ1v) is 5.00. The highest BCUT2D eigenvalue weighted by Gasteiger charge is 2.24. The first-order chi connectivity index (χ1) is 6.09. The van der Waals surface area contributed by atoms with Gasteiger partial charge in [-0.05, 0) is 45.9 Å². The maximum absolute atomic E-state index is 3.44. The molecule has 2 rings (SSSR count). The summed E-state index contributed by atoms with van der Waals surface area (Å²) < 4.78 is 2.36. The molecule has 1 aromatic heterocycles. The minimum absolute atomic E-state index is 0.204. The monoisotopic (exact) mass is 178 g/mol. The molecule has 0 saturated carbocycles. The average Bonchev–Trinajstić information content (AvgIpc) is 2.29. The summed E-state index contributed by atoms with van der Waals surface area (Å²) in [6, 6.07) is 4.96. The van der Waals surface area contributed by atoms with Gasteiger partial charge in [0.1, 0.15) is 0 Å². The van der Waals surface area contributed by atoms with Crippen LogP contribution in [0.1, 0.15) is 38.9 Å². The SMILES string of the molecule is CC(C)(C)n1cccc1[C@H]1CCN1. The molecule has 2 heteroatoms. The van der Waals surface area contributed by atoms with Crippen LogP contribution in [0.15, 0.2) is 18.3 Å². The molecule has 2 nitrogen and oxygen atoms in total. The zero-order valence-electron chi connectivity index (χ0n) is 8.67. The van der Waals surface area contributed by atoms with E-state index in [1.165, 1.54) is 18.7 Å². The first-order valence-electron chi connectivity index (χ1n) is 5.00. The lowest BCUT2D eigenvalue weighted by Gasteiger charge is -2.33. The highest BCUT2D eigenvalue weighted by Crippen LogP contribution is 2.27. The van der Waals surface area contributed by atoms with Crippen molar-refractivity contribution in [2.75, 3.05) is 6.54 Å². The summed E-state index contributed by atoms with van der Waals surface area (Å²) in [4.78, 5) is 0. The van der Waals surface area contributed by atoms with Crippen molar-refractivity contribution in [3.05, 3.63) is 24.0 Å². The fraction of sp³-hybridized carbons (Fsp3) is 0.636. The number of hydrogen-bond donors (Lipinski definition) is 1. The summed E-state index contributed by atoms with van der Waals surface area (Å²) in [6.45, 7) is 7.90. The molecule has 0 bridgehead atoms. The standard InChI is InChI=1S/C11H18N2/c1-11(2,3)13-8-4-5-10(13)9-6-7-12-9/h4-5,8-9,12H,6-7H2,1-3H3/t9-/m1/s1. The molecule has 13 heavy (non-hydrogen) atoms. The van der Waals surface area contributed by atoms with Crippen LogP contribution in [0.5, 0.6) is 0 Å². The molecular weight excluding hydrogens is 160 g/mol. The Hall–Kier alpha value is -0.760. The predicted molar refractivity (Wildman–Crippen MR) is 54.8 cm³/mol. The molecule has 1 aliphatic rings. The second kappa shape index (κ2) is 2.88. The van der Waals surface area contributed by atoms with Gasteiger partial charge in [-0.1, -0.05) is 0 Å². The fourth-order valence-electron chi connectivity index (χ4n) is 1.83. The van der Waals surface area contributed by atoms with Crippen molar-refractivity contribution in [3.8, 4) is 0 Å². The van der Waals surface area contributed by atoms with Crippen LogP contribution in [0.3, 0.4) is 0 Å². The normalized spacial score (nSPS) is 22.8. The van der Waals surface area contributed by atoms with Gasteiger partial charge in [-0.3, -0.25) is 0 Å². The minimum atomic E-state index is 0.204. The Morgan fingerprint density at radius 1 is 1.46 bits per heavy atom. The molecule has 0 aliphatic carbocycles. The van der Waals surface area contributed by atoms with E-state index in [0.29, 0.717) is 6.04 Å². The number of nitrogens with zero attached hydrogens (tertiary/aromatic N) is 1. The molecule has 0 radical (unpaired) electrons. The van der Waals surface area contributed by atoms with Gasteiger partial charge in [0.25, 0.3) is 0 Å². The summed E-state index contributed by atoms with van der Waals surface area (Å²) in [6.07, 6.45) is 3.45. The van der Waals surface area contributed by atoms with Gasteiger partial charge in [-0.2, -0.15) is 0 Å². The van der Waals surface area contributed by atoms with E-state index in [2.05, 4.69) is 49.0 Å². The Kier molecular flexibility index (Phi) is 1.95. The molecule has 1 saturated heterocycles. The quantitative estimate of drug-likeness (QED) is 0.698. The Labute approximate surface area is 79.9 Å². The van der Waals surface area contributed by atoms with Gasteiger partial charge < -0.3 is 9.88 Å². The van der Waals surface area contributed by atoms with Crippen LogP contribution in [0.25, 0.3) is 0 Å². The lowest BCUT2D eigenvalue weighted by Crippen LogP contribution is -2.38. The zero-order valence-corrected chi connectivity index (χ0v) is 8.67. The molecule has 0 aromatic carbocycles. The zero-order chi connectivity index (χ0) is 9.47. The lowest BCUT2D eigenvalue weighted by atomic mass is 10.0. The number of hydrogen-bond acceptors (Lipinski definition) is 1. The number of rotatable bonds is 1. The van der Waals surface area contributed by atoms with Crippen molar-refractivity contribution in [1.82, 2.24) is 9.88 Å². The highest BCUT2D eigenvalue weighted by atomic mass is 15.1. The lowest BCUT2D eigenvalue weighted by molar-refractivity contribution is 0.318. The van der Waals surface area contributed by atoms with Crippen molar-refractivity contribution in [3.63, 3.8) is 0 Å². The van der Waals surface area contributed by atoms with Gasteiger partial charge in [0.2, 0.25) is 0 Å². The van der Waals surface area contributed by atoms with E-state index in [1.807, 2.05) is 0 Å². The highest BCUT2D eigenvalue weighted by molar-refractivity contribution is 5.16. The molecule has 1 atom stereocenters. The number of nitrogens with one attached hydrogen (secondary N) is 1. The van der Waals surface area contributed by atoms with Crippen LogP contribution in [0.4, 0.5) is 0 Å². The molecule has 1 N–H and O–H groups in total. The van der Waals surface area contributed by atoms with Crippen LogP contribution in [0, 0.1) is 0 Å². The third-order valence-electron chi connectivity index (χ3n) is 2.68. The minimum Gasteiger partial charge on any atom is -0.345 e. The van der Waals surface area contributed by atoms with Gasteiger partial charge in [0, 0.05) is 23.5 Å². The van der Waals surface area contributed by atoms with E-state index in [4.69, 9.17) is 0 Å². The largest absolute Gasteiger partial charge is 0.345 e. The van der Waals surface area contributed by atoms with Crippen molar-refractivity contribution >= 4 is 0 Å². The van der Waals surface area contributed by atoms with E-state index in [-0.39, 0.29) is 5.54 Å². The van der Waals surface area contributed by atoms with E-state index in [0.717, 1.165) is 0 Å². The topological polar surface area (TPSA) is 17.0 Å². The van der Waals surface area contributed by atoms with Crippen molar-refractivity contribution in [2.45, 2.75) is 38.8 Å². The van der Waals surface area contributed by atoms with Gasteiger partial charge >= 0.3 is 0 Å². The molecule has 0 amide bonds. The first kappa shape index (κ1) is 8.82. The molecule has 0 spiro atoms. The third-order valence-corrected chi connectivity index (χ3v) is 2.68. The van der Waals surface area contributed by atoms with Crippen molar-refractivity contribution in [2.24, 2.45) is 0 Å². The molecular formula is C11H18N2. The Morgan fingerprint density at radius 3 is 2.62 bits per heavy atom. The van der Waals surface area contributed by atoms with E-state index >= 15 is 0 Å². The predicted octanol–water partition coefficient (Wildman–Crippen LogP) is 2.28.